The molecule has 1 heterocycles. The molecule has 0 amide bonds. The molecule has 0 radical (unpaired) electrons. The van der Waals surface area contributed by atoms with Gasteiger partial charge in [0.25, 0.3) is 0 Å². The zero-order chi connectivity index (χ0) is 12.1. The van der Waals surface area contributed by atoms with Gasteiger partial charge >= 0.3 is 0 Å². The van der Waals surface area contributed by atoms with E-state index in [0.29, 0.717) is 11.8 Å². The van der Waals surface area contributed by atoms with Gasteiger partial charge in [0.2, 0.25) is 0 Å². The van der Waals surface area contributed by atoms with Gasteiger partial charge in [0.15, 0.2) is 0 Å². The summed E-state index contributed by atoms with van der Waals surface area (Å²) in [6, 6.07) is 12.3. The predicted octanol–water partition coefficient (Wildman–Crippen LogP) is 3.52. The summed E-state index contributed by atoms with van der Waals surface area (Å²) < 4.78 is 5.33. The van der Waals surface area contributed by atoms with Crippen molar-refractivity contribution in [1.29, 1.82) is 0 Å². The van der Waals surface area contributed by atoms with Crippen LogP contribution in [0.15, 0.2) is 47.1 Å². The summed E-state index contributed by atoms with van der Waals surface area (Å²) in [6.07, 6.45) is 1.71. The summed E-state index contributed by atoms with van der Waals surface area (Å²) in [4.78, 5) is 0. The highest BCUT2D eigenvalue weighted by Gasteiger charge is 2.12. The molecule has 3 heteroatoms. The van der Waals surface area contributed by atoms with Crippen molar-refractivity contribution in [3.8, 4) is 0 Å². The molecule has 0 spiro atoms. The Hall–Kier alpha value is -1.19. The predicted molar refractivity (Wildman–Crippen MR) is 73.0 cm³/mol. The number of aryl methyl sites for hydroxylation is 1. The van der Waals surface area contributed by atoms with E-state index in [1.807, 2.05) is 23.9 Å². The molecule has 0 saturated heterocycles. The van der Waals surface area contributed by atoms with E-state index in [-0.39, 0.29) is 0 Å². The lowest BCUT2D eigenvalue weighted by molar-refractivity contribution is 0.530. The first-order valence-electron chi connectivity index (χ1n) is 5.71. The van der Waals surface area contributed by atoms with E-state index in [1.54, 1.807) is 6.26 Å². The Bertz CT molecular complexity index is 453. The van der Waals surface area contributed by atoms with Gasteiger partial charge in [-0.3, -0.25) is 0 Å². The molecule has 0 saturated carbocycles. The molecule has 2 N–H and O–H groups in total. The molecule has 1 atom stereocenters. The van der Waals surface area contributed by atoms with Crippen molar-refractivity contribution >= 4 is 11.8 Å². The minimum absolute atomic E-state index is 0.335. The van der Waals surface area contributed by atoms with Gasteiger partial charge in [0.05, 0.1) is 12.0 Å². The fourth-order valence-electron chi connectivity index (χ4n) is 1.81. The standard InChI is InChI=1S/C14H17NOS/c1-11-5-2-3-7-13(11)14(9-15)17-10-12-6-4-8-16-12/h2-8,14H,9-10,15H2,1H3. The van der Waals surface area contributed by atoms with E-state index in [9.17, 15) is 0 Å². The van der Waals surface area contributed by atoms with Crippen LogP contribution >= 0.6 is 11.8 Å². The molecule has 0 aliphatic heterocycles. The molecule has 1 aromatic heterocycles. The van der Waals surface area contributed by atoms with Gasteiger partial charge in [-0.25, -0.2) is 0 Å². The van der Waals surface area contributed by atoms with Gasteiger partial charge in [-0.05, 0) is 30.2 Å². The molecule has 17 heavy (non-hydrogen) atoms. The van der Waals surface area contributed by atoms with Crippen LogP contribution in [-0.2, 0) is 5.75 Å². The van der Waals surface area contributed by atoms with Gasteiger partial charge in [-0.2, -0.15) is 0 Å². The van der Waals surface area contributed by atoms with Gasteiger partial charge in [-0.15, -0.1) is 11.8 Å². The Morgan fingerprint density at radius 2 is 2.06 bits per heavy atom. The molecule has 0 bridgehead atoms. The number of thioether (sulfide) groups is 1. The fraction of sp³-hybridized carbons (Fsp3) is 0.286. The van der Waals surface area contributed by atoms with Crippen molar-refractivity contribution in [2.24, 2.45) is 5.73 Å². The van der Waals surface area contributed by atoms with E-state index in [1.165, 1.54) is 11.1 Å². The molecule has 2 nitrogen and oxygen atoms in total. The second-order valence-electron chi connectivity index (χ2n) is 3.97. The number of hydrogen-bond donors (Lipinski definition) is 1. The van der Waals surface area contributed by atoms with Crippen LogP contribution in [0, 0.1) is 6.92 Å². The first-order valence-corrected chi connectivity index (χ1v) is 6.75. The Morgan fingerprint density at radius 1 is 1.24 bits per heavy atom. The van der Waals surface area contributed by atoms with Crippen LogP contribution in [0.4, 0.5) is 0 Å². The van der Waals surface area contributed by atoms with Crippen molar-refractivity contribution in [2.75, 3.05) is 6.54 Å². The molecule has 2 aromatic rings. The van der Waals surface area contributed by atoms with E-state index in [4.69, 9.17) is 10.2 Å². The topological polar surface area (TPSA) is 39.2 Å². The lowest BCUT2D eigenvalue weighted by Crippen LogP contribution is -2.10. The van der Waals surface area contributed by atoms with E-state index < -0.39 is 0 Å². The van der Waals surface area contributed by atoms with Crippen LogP contribution in [0.5, 0.6) is 0 Å². The summed E-state index contributed by atoms with van der Waals surface area (Å²) in [5, 5.41) is 0.335. The summed E-state index contributed by atoms with van der Waals surface area (Å²) in [6.45, 7) is 2.78. The van der Waals surface area contributed by atoms with Gasteiger partial charge in [-0.1, -0.05) is 24.3 Å². The maximum Gasteiger partial charge on any atom is 0.113 e. The van der Waals surface area contributed by atoms with Crippen LogP contribution < -0.4 is 5.73 Å². The molecular weight excluding hydrogens is 230 g/mol. The second-order valence-corrected chi connectivity index (χ2v) is 5.16. The monoisotopic (exact) mass is 247 g/mol. The Kier molecular flexibility index (Phi) is 4.29. The quantitative estimate of drug-likeness (QED) is 0.878. The highest BCUT2D eigenvalue weighted by Crippen LogP contribution is 2.32. The van der Waals surface area contributed by atoms with E-state index >= 15 is 0 Å². The molecular formula is C14H17NOS. The summed E-state index contributed by atoms with van der Waals surface area (Å²) in [7, 11) is 0. The smallest absolute Gasteiger partial charge is 0.113 e. The molecule has 0 aliphatic carbocycles. The molecule has 0 aliphatic rings. The molecule has 1 unspecified atom stereocenters. The maximum absolute atomic E-state index is 5.86. The van der Waals surface area contributed by atoms with Crippen molar-refractivity contribution in [1.82, 2.24) is 0 Å². The fourth-order valence-corrected chi connectivity index (χ4v) is 2.92. The van der Waals surface area contributed by atoms with E-state index in [0.717, 1.165) is 11.5 Å². The average molecular weight is 247 g/mol. The second kappa shape index (κ2) is 5.94. The van der Waals surface area contributed by atoms with E-state index in [2.05, 4.69) is 31.2 Å². The van der Waals surface area contributed by atoms with Crippen molar-refractivity contribution in [2.45, 2.75) is 17.9 Å². The van der Waals surface area contributed by atoms with Gasteiger partial charge in [0.1, 0.15) is 5.76 Å². The minimum atomic E-state index is 0.335. The maximum atomic E-state index is 5.86. The normalized spacial score (nSPS) is 12.6. The third-order valence-electron chi connectivity index (χ3n) is 2.76. The number of benzene rings is 1. The lowest BCUT2D eigenvalue weighted by atomic mass is 10.1. The molecule has 2 rings (SSSR count). The third kappa shape index (κ3) is 3.14. The summed E-state index contributed by atoms with van der Waals surface area (Å²) in [5.74, 6) is 1.87. The van der Waals surface area contributed by atoms with Crippen molar-refractivity contribution < 1.29 is 4.42 Å². The number of furan rings is 1. The Morgan fingerprint density at radius 3 is 2.71 bits per heavy atom. The van der Waals surface area contributed by atoms with Crippen molar-refractivity contribution in [3.63, 3.8) is 0 Å². The zero-order valence-electron chi connectivity index (χ0n) is 9.93. The lowest BCUT2D eigenvalue weighted by Gasteiger charge is -2.16. The molecule has 1 aromatic carbocycles. The largest absolute Gasteiger partial charge is 0.468 e. The molecule has 90 valence electrons. The van der Waals surface area contributed by atoms with Crippen LogP contribution in [0.3, 0.4) is 0 Å². The Balaban J connectivity index is 2.04. The minimum Gasteiger partial charge on any atom is -0.468 e. The van der Waals surface area contributed by atoms with Crippen LogP contribution in [0.25, 0.3) is 0 Å². The third-order valence-corrected chi connectivity index (χ3v) is 4.06. The highest BCUT2D eigenvalue weighted by molar-refractivity contribution is 7.98. The van der Waals surface area contributed by atoms with Crippen LogP contribution in [0.2, 0.25) is 0 Å². The van der Waals surface area contributed by atoms with Crippen LogP contribution in [0.1, 0.15) is 22.1 Å². The number of nitrogens with two attached hydrogens (primary N) is 1. The zero-order valence-corrected chi connectivity index (χ0v) is 10.7. The SMILES string of the molecule is Cc1ccccc1C(CN)SCc1ccco1. The van der Waals surface area contributed by atoms with Gasteiger partial charge in [0, 0.05) is 11.8 Å². The summed E-state index contributed by atoms with van der Waals surface area (Å²) in [5.41, 5.74) is 8.49. The van der Waals surface area contributed by atoms with Crippen molar-refractivity contribution in [3.05, 3.63) is 59.5 Å². The first-order chi connectivity index (χ1) is 8.31. The number of rotatable bonds is 5. The first kappa shape index (κ1) is 12.3. The Labute approximate surface area is 106 Å². The highest BCUT2D eigenvalue weighted by atomic mass is 32.2. The van der Waals surface area contributed by atoms with Crippen LogP contribution in [-0.4, -0.2) is 6.54 Å². The average Bonchev–Trinajstić information content (AvgIpc) is 2.85. The number of hydrogen-bond acceptors (Lipinski definition) is 3. The molecule has 0 fully saturated rings. The van der Waals surface area contributed by atoms with Gasteiger partial charge < -0.3 is 10.2 Å². The summed E-state index contributed by atoms with van der Waals surface area (Å²) >= 11 is 1.83.